The smallest absolute Gasteiger partial charge is 0.169 e. The Morgan fingerprint density at radius 1 is 1.67 bits per heavy atom. The molecule has 15 heavy (non-hydrogen) atoms. The molecule has 1 aromatic rings. The van der Waals surface area contributed by atoms with Crippen LogP contribution < -0.4 is 10.6 Å². The van der Waals surface area contributed by atoms with Crippen molar-refractivity contribution in [1.82, 2.24) is 10.2 Å². The van der Waals surface area contributed by atoms with Crippen LogP contribution >= 0.6 is 0 Å². The first-order valence-corrected chi connectivity index (χ1v) is 5.05. The monoisotopic (exact) mass is 203 g/mol. The summed E-state index contributed by atoms with van der Waals surface area (Å²) in [5.74, 6) is 0.674. The number of aromatic nitrogens is 2. The van der Waals surface area contributed by atoms with Crippen LogP contribution in [0, 0.1) is 11.3 Å². The van der Waals surface area contributed by atoms with Crippen molar-refractivity contribution < 1.29 is 0 Å². The summed E-state index contributed by atoms with van der Waals surface area (Å²) in [4.78, 5) is 2.09. The summed E-state index contributed by atoms with van der Waals surface area (Å²) in [6.07, 6.45) is 3.71. The second kappa shape index (κ2) is 4.24. The molecule has 0 aromatic carbocycles. The van der Waals surface area contributed by atoms with Crippen molar-refractivity contribution in [1.29, 1.82) is 5.26 Å². The molecule has 5 heteroatoms. The van der Waals surface area contributed by atoms with Gasteiger partial charge in [0, 0.05) is 19.1 Å². The molecule has 0 saturated carbocycles. The van der Waals surface area contributed by atoms with Gasteiger partial charge in [-0.05, 0) is 18.9 Å². The third kappa shape index (κ3) is 1.76. The van der Waals surface area contributed by atoms with Crippen molar-refractivity contribution >= 4 is 5.82 Å². The van der Waals surface area contributed by atoms with Gasteiger partial charge in [0.1, 0.15) is 6.07 Å². The maximum atomic E-state index is 8.96. The molecule has 1 atom stereocenters. The fourth-order valence-corrected chi connectivity index (χ4v) is 1.98. The van der Waals surface area contributed by atoms with E-state index in [0.717, 1.165) is 19.4 Å². The summed E-state index contributed by atoms with van der Waals surface area (Å²) in [5.41, 5.74) is 6.25. The molecule has 2 heterocycles. The predicted octanol–water partition coefficient (Wildman–Crippen LogP) is 0.276. The quantitative estimate of drug-likeness (QED) is 0.746. The van der Waals surface area contributed by atoms with Crippen LogP contribution in [-0.2, 0) is 0 Å². The summed E-state index contributed by atoms with van der Waals surface area (Å²) in [6.45, 7) is 1.51. The number of rotatable bonds is 2. The fraction of sp³-hybridized carbons (Fsp3) is 0.500. The maximum absolute atomic E-state index is 8.96. The average Bonchev–Trinajstić information content (AvgIpc) is 2.76. The van der Waals surface area contributed by atoms with Gasteiger partial charge in [-0.25, -0.2) is 0 Å². The molecule has 0 spiro atoms. The minimum absolute atomic E-state index is 0.300. The van der Waals surface area contributed by atoms with Gasteiger partial charge in [0.15, 0.2) is 5.82 Å². The third-order valence-corrected chi connectivity index (χ3v) is 2.74. The van der Waals surface area contributed by atoms with Crippen molar-refractivity contribution in [2.45, 2.75) is 18.9 Å². The van der Waals surface area contributed by atoms with Gasteiger partial charge in [-0.2, -0.15) is 10.4 Å². The molecule has 2 N–H and O–H groups in total. The Balaban J connectivity index is 2.33. The lowest BCUT2D eigenvalue weighted by Crippen LogP contribution is -2.36. The molecule has 0 radical (unpaired) electrons. The highest BCUT2D eigenvalue weighted by Crippen LogP contribution is 2.24. The van der Waals surface area contributed by atoms with Gasteiger partial charge in [-0.3, -0.25) is 0 Å². The van der Waals surface area contributed by atoms with E-state index in [1.54, 1.807) is 6.07 Å². The van der Waals surface area contributed by atoms with Gasteiger partial charge in [-0.1, -0.05) is 0 Å². The summed E-state index contributed by atoms with van der Waals surface area (Å²) in [6, 6.07) is 4.12. The molecule has 0 aliphatic carbocycles. The van der Waals surface area contributed by atoms with Gasteiger partial charge < -0.3 is 10.6 Å². The molecule has 0 amide bonds. The molecular weight excluding hydrogens is 190 g/mol. The highest BCUT2D eigenvalue weighted by Gasteiger charge is 2.26. The van der Waals surface area contributed by atoms with E-state index >= 15 is 0 Å². The molecule has 1 fully saturated rings. The predicted molar refractivity (Wildman–Crippen MR) is 56.2 cm³/mol. The SMILES string of the molecule is N#Cc1ccnnc1N1CCCC1CN. The van der Waals surface area contributed by atoms with Crippen LogP contribution in [0.2, 0.25) is 0 Å². The minimum Gasteiger partial charge on any atom is -0.350 e. The van der Waals surface area contributed by atoms with Crippen molar-refractivity contribution in [2.24, 2.45) is 5.73 Å². The minimum atomic E-state index is 0.300. The van der Waals surface area contributed by atoms with Gasteiger partial charge in [-0.15, -0.1) is 5.10 Å². The highest BCUT2D eigenvalue weighted by atomic mass is 15.3. The Morgan fingerprint density at radius 3 is 3.27 bits per heavy atom. The first kappa shape index (κ1) is 9.87. The number of nitriles is 1. The van der Waals surface area contributed by atoms with Crippen LogP contribution in [-0.4, -0.2) is 29.3 Å². The number of hydrogen-bond acceptors (Lipinski definition) is 5. The molecule has 78 valence electrons. The summed E-state index contributed by atoms with van der Waals surface area (Å²) >= 11 is 0. The van der Waals surface area contributed by atoms with Crippen molar-refractivity contribution in [3.8, 4) is 6.07 Å². The largest absolute Gasteiger partial charge is 0.350 e. The topological polar surface area (TPSA) is 78.8 Å². The Morgan fingerprint density at radius 2 is 2.53 bits per heavy atom. The number of nitrogens with two attached hydrogens (primary N) is 1. The lowest BCUT2D eigenvalue weighted by molar-refractivity contribution is 0.667. The number of anilines is 1. The van der Waals surface area contributed by atoms with E-state index in [2.05, 4.69) is 21.2 Å². The Hall–Kier alpha value is -1.67. The second-order valence-electron chi connectivity index (χ2n) is 3.61. The Kier molecular flexibility index (Phi) is 2.79. The molecule has 1 aliphatic heterocycles. The lowest BCUT2D eigenvalue weighted by Gasteiger charge is -2.24. The van der Waals surface area contributed by atoms with E-state index in [1.165, 1.54) is 6.20 Å². The lowest BCUT2D eigenvalue weighted by atomic mass is 10.2. The van der Waals surface area contributed by atoms with Crippen LogP contribution in [0.4, 0.5) is 5.82 Å². The first-order valence-electron chi connectivity index (χ1n) is 5.05. The zero-order valence-corrected chi connectivity index (χ0v) is 8.43. The van der Waals surface area contributed by atoms with Crippen LogP contribution in [0.5, 0.6) is 0 Å². The number of hydrogen-bond donors (Lipinski definition) is 1. The van der Waals surface area contributed by atoms with E-state index in [-0.39, 0.29) is 0 Å². The van der Waals surface area contributed by atoms with Gasteiger partial charge in [0.25, 0.3) is 0 Å². The molecule has 0 bridgehead atoms. The molecule has 5 nitrogen and oxygen atoms in total. The molecule has 1 saturated heterocycles. The first-order chi connectivity index (χ1) is 7.36. The van der Waals surface area contributed by atoms with E-state index in [9.17, 15) is 0 Å². The Labute approximate surface area is 88.5 Å². The molecule has 2 rings (SSSR count). The van der Waals surface area contributed by atoms with Gasteiger partial charge in [0.05, 0.1) is 11.8 Å². The van der Waals surface area contributed by atoms with Crippen molar-refractivity contribution in [2.75, 3.05) is 18.0 Å². The average molecular weight is 203 g/mol. The summed E-state index contributed by atoms with van der Waals surface area (Å²) < 4.78 is 0. The molecule has 1 aromatic heterocycles. The van der Waals surface area contributed by atoms with Gasteiger partial charge >= 0.3 is 0 Å². The van der Waals surface area contributed by atoms with Crippen molar-refractivity contribution in [3.05, 3.63) is 17.8 Å². The summed E-state index contributed by atoms with van der Waals surface area (Å²) in [5, 5.41) is 16.8. The molecular formula is C10H13N5. The van der Waals surface area contributed by atoms with Crippen LogP contribution in [0.25, 0.3) is 0 Å². The third-order valence-electron chi connectivity index (χ3n) is 2.74. The van der Waals surface area contributed by atoms with E-state index in [0.29, 0.717) is 24.0 Å². The van der Waals surface area contributed by atoms with Crippen LogP contribution in [0.1, 0.15) is 18.4 Å². The van der Waals surface area contributed by atoms with Crippen molar-refractivity contribution in [3.63, 3.8) is 0 Å². The molecule has 1 aliphatic rings. The zero-order valence-electron chi connectivity index (χ0n) is 8.43. The van der Waals surface area contributed by atoms with Crippen LogP contribution in [0.15, 0.2) is 12.3 Å². The van der Waals surface area contributed by atoms with E-state index < -0.39 is 0 Å². The van der Waals surface area contributed by atoms with E-state index in [1.807, 2.05) is 0 Å². The fourth-order valence-electron chi connectivity index (χ4n) is 1.98. The standard InChI is InChI=1S/C10H13N5/c11-6-8-3-4-13-14-10(8)15-5-1-2-9(15)7-12/h3-4,9H,1-2,5,7,12H2. The normalized spacial score (nSPS) is 20.3. The maximum Gasteiger partial charge on any atom is 0.169 e. The Bertz CT molecular complexity index is 384. The number of nitrogens with zero attached hydrogens (tertiary/aromatic N) is 4. The van der Waals surface area contributed by atoms with Gasteiger partial charge in [0.2, 0.25) is 0 Å². The second-order valence-corrected chi connectivity index (χ2v) is 3.61. The van der Waals surface area contributed by atoms with Crippen LogP contribution in [0.3, 0.4) is 0 Å². The molecule has 1 unspecified atom stereocenters. The summed E-state index contributed by atoms with van der Waals surface area (Å²) in [7, 11) is 0. The zero-order chi connectivity index (χ0) is 10.7. The van der Waals surface area contributed by atoms with E-state index in [4.69, 9.17) is 11.0 Å². The highest BCUT2D eigenvalue weighted by molar-refractivity contribution is 5.53.